The first kappa shape index (κ1) is 11.8. The fraction of sp³-hybridized carbons (Fsp3) is 0.583. The number of nitro groups is 1. The standard InChI is InChI=1S/C12H17N3O2/c1-9-6-10(2)8-14(7-9)12-11(15(16)17)4-3-5-13-12/h3-5,9-10H,6-8H2,1-2H3/p+1/t9-,10-/m0/s1. The van der Waals surface area contributed by atoms with Crippen molar-refractivity contribution in [1.29, 1.82) is 0 Å². The van der Waals surface area contributed by atoms with Crippen LogP contribution in [0.2, 0.25) is 0 Å². The van der Waals surface area contributed by atoms with Crippen LogP contribution in [0.25, 0.3) is 0 Å². The Hall–Kier alpha value is -1.65. The number of H-pyrrole nitrogens is 1. The summed E-state index contributed by atoms with van der Waals surface area (Å²) < 4.78 is 0. The first-order valence-electron chi connectivity index (χ1n) is 5.98. The highest BCUT2D eigenvalue weighted by atomic mass is 16.6. The highest BCUT2D eigenvalue weighted by molar-refractivity contribution is 5.53. The molecule has 0 unspecified atom stereocenters. The van der Waals surface area contributed by atoms with E-state index in [1.807, 2.05) is 0 Å². The fourth-order valence-electron chi connectivity index (χ4n) is 2.67. The molecule has 1 N–H and O–H groups in total. The molecule has 1 aliphatic heterocycles. The number of aromatic nitrogens is 1. The zero-order valence-electron chi connectivity index (χ0n) is 10.2. The van der Waals surface area contributed by atoms with Gasteiger partial charge >= 0.3 is 11.5 Å². The molecule has 5 heteroatoms. The largest absolute Gasteiger partial charge is 0.357 e. The second-order valence-corrected chi connectivity index (χ2v) is 5.01. The number of hydrogen-bond donors (Lipinski definition) is 0. The second-order valence-electron chi connectivity index (χ2n) is 5.01. The molecule has 0 bridgehead atoms. The minimum Gasteiger partial charge on any atom is -0.258 e. The zero-order chi connectivity index (χ0) is 12.4. The number of hydrogen-bond acceptors (Lipinski definition) is 3. The number of anilines is 1. The summed E-state index contributed by atoms with van der Waals surface area (Å²) in [5.41, 5.74) is 0.161. The summed E-state index contributed by atoms with van der Waals surface area (Å²) in [5, 5.41) is 11.0. The van der Waals surface area contributed by atoms with Crippen LogP contribution >= 0.6 is 0 Å². The number of pyridine rings is 1. The van der Waals surface area contributed by atoms with E-state index in [2.05, 4.69) is 23.7 Å². The van der Waals surface area contributed by atoms with Gasteiger partial charge < -0.3 is 0 Å². The molecule has 0 spiro atoms. The molecular formula is C12H18N3O2+. The molecule has 17 heavy (non-hydrogen) atoms. The lowest BCUT2D eigenvalue weighted by Gasteiger charge is -2.29. The molecule has 0 aliphatic carbocycles. The van der Waals surface area contributed by atoms with Gasteiger partial charge in [-0.05, 0) is 24.3 Å². The average molecular weight is 236 g/mol. The third-order valence-corrected chi connectivity index (χ3v) is 3.19. The predicted octanol–water partition coefficient (Wildman–Crippen LogP) is 1.89. The maximum absolute atomic E-state index is 11.0. The lowest BCUT2D eigenvalue weighted by Crippen LogP contribution is -2.41. The maximum atomic E-state index is 11.0. The van der Waals surface area contributed by atoms with Crippen LogP contribution in [0.3, 0.4) is 0 Å². The molecule has 1 aromatic rings. The van der Waals surface area contributed by atoms with Gasteiger partial charge in [-0.3, -0.25) is 15.0 Å². The van der Waals surface area contributed by atoms with E-state index in [-0.39, 0.29) is 10.6 Å². The summed E-state index contributed by atoms with van der Waals surface area (Å²) in [6.07, 6.45) is 2.93. The molecule has 2 heterocycles. The summed E-state index contributed by atoms with van der Waals surface area (Å²) in [6, 6.07) is 3.22. The van der Waals surface area contributed by atoms with E-state index in [1.54, 1.807) is 18.3 Å². The molecule has 5 nitrogen and oxygen atoms in total. The number of nitrogens with zero attached hydrogens (tertiary/aromatic N) is 2. The summed E-state index contributed by atoms with van der Waals surface area (Å²) in [5.74, 6) is 1.79. The monoisotopic (exact) mass is 236 g/mol. The summed E-state index contributed by atoms with van der Waals surface area (Å²) in [6.45, 7) is 6.15. The zero-order valence-corrected chi connectivity index (χ0v) is 10.2. The molecule has 1 saturated heterocycles. The van der Waals surface area contributed by atoms with E-state index in [4.69, 9.17) is 0 Å². The van der Waals surface area contributed by atoms with Crippen LogP contribution in [0.4, 0.5) is 11.5 Å². The lowest BCUT2D eigenvalue weighted by molar-refractivity contribution is -0.411. The van der Waals surface area contributed by atoms with Crippen LogP contribution < -0.4 is 9.88 Å². The molecule has 0 saturated carbocycles. The van der Waals surface area contributed by atoms with Gasteiger partial charge in [-0.25, -0.2) is 4.98 Å². The van der Waals surface area contributed by atoms with Crippen molar-refractivity contribution in [2.75, 3.05) is 18.0 Å². The normalized spacial score (nSPS) is 24.7. The molecule has 1 fully saturated rings. The van der Waals surface area contributed by atoms with Gasteiger partial charge in [0, 0.05) is 6.07 Å². The summed E-state index contributed by atoms with van der Waals surface area (Å²) >= 11 is 0. The van der Waals surface area contributed by atoms with Gasteiger partial charge in [0.15, 0.2) is 0 Å². The molecule has 1 aliphatic rings. The fourth-order valence-corrected chi connectivity index (χ4v) is 2.67. The van der Waals surface area contributed by atoms with Crippen LogP contribution in [0.5, 0.6) is 0 Å². The van der Waals surface area contributed by atoms with Crippen LogP contribution in [-0.2, 0) is 0 Å². The Morgan fingerprint density at radius 3 is 2.65 bits per heavy atom. The van der Waals surface area contributed by atoms with Gasteiger partial charge in [-0.1, -0.05) is 13.8 Å². The predicted molar refractivity (Wildman–Crippen MR) is 64.8 cm³/mol. The highest BCUT2D eigenvalue weighted by Crippen LogP contribution is 2.28. The summed E-state index contributed by atoms with van der Waals surface area (Å²) in [4.78, 5) is 15.8. The molecule has 0 amide bonds. The third-order valence-electron chi connectivity index (χ3n) is 3.19. The Morgan fingerprint density at radius 2 is 2.06 bits per heavy atom. The smallest absolute Gasteiger partial charge is 0.258 e. The van der Waals surface area contributed by atoms with Crippen LogP contribution in [0.15, 0.2) is 18.3 Å². The van der Waals surface area contributed by atoms with Gasteiger partial charge in [-0.2, -0.15) is 0 Å². The number of piperidine rings is 1. The Bertz CT molecular complexity index is 412. The van der Waals surface area contributed by atoms with Gasteiger partial charge in [-0.15, -0.1) is 0 Å². The van der Waals surface area contributed by atoms with Crippen molar-refractivity contribution in [3.63, 3.8) is 0 Å². The van der Waals surface area contributed by atoms with Crippen molar-refractivity contribution in [1.82, 2.24) is 0 Å². The highest BCUT2D eigenvalue weighted by Gasteiger charge is 2.33. The average Bonchev–Trinajstić information content (AvgIpc) is 2.27. The quantitative estimate of drug-likeness (QED) is 0.582. The second kappa shape index (κ2) is 4.69. The Morgan fingerprint density at radius 1 is 1.41 bits per heavy atom. The van der Waals surface area contributed by atoms with E-state index in [9.17, 15) is 10.1 Å². The first-order chi connectivity index (χ1) is 8.08. The maximum Gasteiger partial charge on any atom is 0.357 e. The molecule has 1 aromatic heterocycles. The molecular weight excluding hydrogens is 218 g/mol. The third kappa shape index (κ3) is 2.54. The van der Waals surface area contributed by atoms with E-state index in [0.717, 1.165) is 13.1 Å². The van der Waals surface area contributed by atoms with Crippen molar-refractivity contribution in [3.05, 3.63) is 28.4 Å². The Balaban J connectivity index is 2.30. The van der Waals surface area contributed by atoms with Crippen LogP contribution in [0.1, 0.15) is 20.3 Å². The van der Waals surface area contributed by atoms with Crippen molar-refractivity contribution >= 4 is 11.5 Å². The van der Waals surface area contributed by atoms with E-state index >= 15 is 0 Å². The number of aromatic amines is 1. The van der Waals surface area contributed by atoms with Gasteiger partial charge in [0.2, 0.25) is 0 Å². The Kier molecular flexibility index (Phi) is 3.26. The van der Waals surface area contributed by atoms with Crippen molar-refractivity contribution in [2.24, 2.45) is 11.8 Å². The number of rotatable bonds is 2. The molecule has 2 rings (SSSR count). The first-order valence-corrected chi connectivity index (χ1v) is 5.98. The minimum atomic E-state index is -0.324. The molecule has 92 valence electrons. The van der Waals surface area contributed by atoms with E-state index in [1.165, 1.54) is 6.42 Å². The van der Waals surface area contributed by atoms with Gasteiger partial charge in [0.25, 0.3) is 0 Å². The topological polar surface area (TPSA) is 60.5 Å². The van der Waals surface area contributed by atoms with Crippen LogP contribution in [-0.4, -0.2) is 18.0 Å². The van der Waals surface area contributed by atoms with Crippen molar-refractivity contribution in [2.45, 2.75) is 20.3 Å². The lowest BCUT2D eigenvalue weighted by atomic mass is 9.92. The van der Waals surface area contributed by atoms with Crippen molar-refractivity contribution < 1.29 is 9.91 Å². The van der Waals surface area contributed by atoms with Crippen molar-refractivity contribution in [3.8, 4) is 0 Å². The van der Waals surface area contributed by atoms with Crippen LogP contribution in [0, 0.1) is 22.0 Å². The molecule has 0 radical (unpaired) electrons. The van der Waals surface area contributed by atoms with E-state index in [0.29, 0.717) is 17.7 Å². The van der Waals surface area contributed by atoms with E-state index < -0.39 is 0 Å². The van der Waals surface area contributed by atoms with Gasteiger partial charge in [0.1, 0.15) is 0 Å². The Labute approximate surface area is 101 Å². The number of nitrogens with one attached hydrogen (secondary N) is 1. The minimum absolute atomic E-state index is 0.161. The molecule has 2 atom stereocenters. The molecule has 0 aromatic carbocycles. The van der Waals surface area contributed by atoms with Gasteiger partial charge in [0.05, 0.1) is 24.2 Å². The summed E-state index contributed by atoms with van der Waals surface area (Å²) in [7, 11) is 0. The SMILES string of the molecule is C[C@H]1C[C@H](C)CN(c2[nH+]cccc2[N+](=O)[O-])C1.